The van der Waals surface area contributed by atoms with Gasteiger partial charge in [0, 0.05) is 0 Å². The van der Waals surface area contributed by atoms with Gasteiger partial charge in [0.25, 0.3) is 0 Å². The van der Waals surface area contributed by atoms with Gasteiger partial charge in [-0.25, -0.2) is 8.42 Å². The van der Waals surface area contributed by atoms with Crippen LogP contribution < -0.4 is 5.73 Å². The average molecular weight is 263 g/mol. The Morgan fingerprint density at radius 1 is 1.35 bits per heavy atom. The molecule has 0 aliphatic carbocycles. The van der Waals surface area contributed by atoms with Gasteiger partial charge in [0.15, 0.2) is 9.84 Å². The van der Waals surface area contributed by atoms with Gasteiger partial charge in [-0.15, -0.1) is 0 Å². The average Bonchev–Trinajstić information content (AvgIpc) is 2.34. The molecule has 1 aliphatic heterocycles. The number of hydrogen-bond donors (Lipinski definition) is 1. The van der Waals surface area contributed by atoms with Crippen molar-refractivity contribution in [3.63, 3.8) is 0 Å². The second-order valence-electron chi connectivity index (χ2n) is 6.33. The van der Waals surface area contributed by atoms with Crippen LogP contribution in [0.4, 0.5) is 0 Å². The summed E-state index contributed by atoms with van der Waals surface area (Å²) in [6.45, 7) is 9.86. The van der Waals surface area contributed by atoms with E-state index in [2.05, 4.69) is 0 Å². The molecule has 1 heterocycles. The van der Waals surface area contributed by atoms with Gasteiger partial charge in [0.1, 0.15) is 0 Å². The monoisotopic (exact) mass is 263 g/mol. The normalized spacial score (nSPS) is 29.2. The number of nitrogens with two attached hydrogens (primary N) is 1. The molecule has 0 spiro atoms. The highest BCUT2D eigenvalue weighted by Crippen LogP contribution is 2.41. The Kier molecular flexibility index (Phi) is 3.97. The molecule has 5 heteroatoms. The van der Waals surface area contributed by atoms with Crippen LogP contribution in [0.5, 0.6) is 0 Å². The molecule has 0 amide bonds. The molecule has 0 aromatic heterocycles. The van der Waals surface area contributed by atoms with Gasteiger partial charge in [-0.2, -0.15) is 0 Å². The summed E-state index contributed by atoms with van der Waals surface area (Å²) in [5.41, 5.74) is 4.52. The molecular formula is C12H25NO3S. The van der Waals surface area contributed by atoms with Crippen LogP contribution in [-0.2, 0) is 14.6 Å². The standard InChI is InChI=1S/C12H25NO3S/c1-9(7-13)8-17(14,15)10-6-11(2,3)16-12(10,4)5/h9-10H,6-8,13H2,1-5H3. The van der Waals surface area contributed by atoms with Crippen molar-refractivity contribution < 1.29 is 13.2 Å². The molecule has 1 fully saturated rings. The van der Waals surface area contributed by atoms with Crippen molar-refractivity contribution in [2.45, 2.75) is 57.5 Å². The van der Waals surface area contributed by atoms with Gasteiger partial charge in [-0.3, -0.25) is 0 Å². The maximum atomic E-state index is 12.4. The summed E-state index contributed by atoms with van der Waals surface area (Å²) in [4.78, 5) is 0. The minimum Gasteiger partial charge on any atom is -0.368 e. The highest BCUT2D eigenvalue weighted by atomic mass is 32.2. The van der Waals surface area contributed by atoms with Crippen LogP contribution in [0.15, 0.2) is 0 Å². The third kappa shape index (κ3) is 3.42. The first-order valence-electron chi connectivity index (χ1n) is 6.12. The summed E-state index contributed by atoms with van der Waals surface area (Å²) >= 11 is 0. The van der Waals surface area contributed by atoms with Crippen molar-refractivity contribution in [2.75, 3.05) is 12.3 Å². The SMILES string of the molecule is CC(CN)CS(=O)(=O)C1CC(C)(C)OC1(C)C. The molecule has 0 saturated carbocycles. The van der Waals surface area contributed by atoms with E-state index < -0.39 is 20.7 Å². The largest absolute Gasteiger partial charge is 0.368 e. The first kappa shape index (κ1) is 14.9. The van der Waals surface area contributed by atoms with Gasteiger partial charge >= 0.3 is 0 Å². The van der Waals surface area contributed by atoms with Crippen LogP contribution in [0, 0.1) is 5.92 Å². The second kappa shape index (κ2) is 4.52. The van der Waals surface area contributed by atoms with Crippen LogP contribution in [0.3, 0.4) is 0 Å². The Morgan fingerprint density at radius 3 is 2.24 bits per heavy atom. The fourth-order valence-electron chi connectivity index (χ4n) is 2.65. The molecule has 0 bridgehead atoms. The van der Waals surface area contributed by atoms with Crippen LogP contribution in [0.25, 0.3) is 0 Å². The molecule has 102 valence electrons. The lowest BCUT2D eigenvalue weighted by molar-refractivity contribution is -0.0635. The molecule has 2 N–H and O–H groups in total. The summed E-state index contributed by atoms with van der Waals surface area (Å²) in [6.07, 6.45) is 0.555. The predicted octanol–water partition coefficient (Wildman–Crippen LogP) is 1.34. The predicted molar refractivity (Wildman–Crippen MR) is 69.7 cm³/mol. The van der Waals surface area contributed by atoms with E-state index in [1.807, 2.05) is 34.6 Å². The second-order valence-corrected chi connectivity index (χ2v) is 8.56. The molecule has 1 saturated heterocycles. The molecule has 1 rings (SSSR count). The zero-order chi connectivity index (χ0) is 13.5. The Labute approximate surface area is 105 Å². The summed E-state index contributed by atoms with van der Waals surface area (Å²) in [5, 5.41) is -0.431. The van der Waals surface area contributed by atoms with Crippen LogP contribution in [0.1, 0.15) is 41.0 Å². The molecular weight excluding hydrogens is 238 g/mol. The highest BCUT2D eigenvalue weighted by molar-refractivity contribution is 7.92. The maximum Gasteiger partial charge on any atom is 0.156 e. The van der Waals surface area contributed by atoms with E-state index in [0.717, 1.165) is 0 Å². The number of sulfone groups is 1. The molecule has 2 atom stereocenters. The van der Waals surface area contributed by atoms with E-state index in [1.54, 1.807) is 0 Å². The van der Waals surface area contributed by atoms with Crippen LogP contribution in [-0.4, -0.2) is 37.2 Å². The minimum atomic E-state index is -3.16. The summed E-state index contributed by atoms with van der Waals surface area (Å²) in [6, 6.07) is 0. The maximum absolute atomic E-state index is 12.4. The first-order valence-corrected chi connectivity index (χ1v) is 7.83. The zero-order valence-electron chi connectivity index (χ0n) is 11.5. The lowest BCUT2D eigenvalue weighted by atomic mass is 10.0. The van der Waals surface area contributed by atoms with E-state index in [9.17, 15) is 8.42 Å². The Hall–Kier alpha value is -0.130. The molecule has 0 aromatic rings. The third-order valence-electron chi connectivity index (χ3n) is 3.34. The van der Waals surface area contributed by atoms with Gasteiger partial charge in [0.05, 0.1) is 22.2 Å². The smallest absolute Gasteiger partial charge is 0.156 e. The van der Waals surface area contributed by atoms with Gasteiger partial charge in [0.2, 0.25) is 0 Å². The summed E-state index contributed by atoms with van der Waals surface area (Å²) in [5.74, 6) is 0.149. The Balaban J connectivity index is 2.93. The van der Waals surface area contributed by atoms with Gasteiger partial charge in [-0.1, -0.05) is 6.92 Å². The van der Waals surface area contributed by atoms with Crippen LogP contribution in [0.2, 0.25) is 0 Å². The van der Waals surface area contributed by atoms with Crippen molar-refractivity contribution >= 4 is 9.84 Å². The lowest BCUT2D eigenvalue weighted by Gasteiger charge is -2.27. The number of hydrogen-bond acceptors (Lipinski definition) is 4. The highest BCUT2D eigenvalue weighted by Gasteiger charge is 2.51. The molecule has 4 nitrogen and oxygen atoms in total. The minimum absolute atomic E-state index is 0.000452. The van der Waals surface area contributed by atoms with Crippen molar-refractivity contribution in [2.24, 2.45) is 11.7 Å². The summed E-state index contributed by atoms with van der Waals surface area (Å²) < 4.78 is 30.6. The lowest BCUT2D eigenvalue weighted by Crippen LogP contribution is -2.41. The van der Waals surface area contributed by atoms with Crippen molar-refractivity contribution in [1.29, 1.82) is 0 Å². The third-order valence-corrected chi connectivity index (χ3v) is 5.98. The van der Waals surface area contributed by atoms with E-state index >= 15 is 0 Å². The molecule has 17 heavy (non-hydrogen) atoms. The number of rotatable bonds is 4. The van der Waals surface area contributed by atoms with E-state index in [1.165, 1.54) is 0 Å². The molecule has 2 unspecified atom stereocenters. The van der Waals surface area contributed by atoms with Crippen molar-refractivity contribution in [1.82, 2.24) is 0 Å². The van der Waals surface area contributed by atoms with Crippen molar-refractivity contribution in [3.8, 4) is 0 Å². The Bertz CT molecular complexity index is 373. The van der Waals surface area contributed by atoms with Crippen molar-refractivity contribution in [3.05, 3.63) is 0 Å². The van der Waals surface area contributed by atoms with Gasteiger partial charge < -0.3 is 10.5 Å². The Morgan fingerprint density at radius 2 is 1.88 bits per heavy atom. The molecule has 0 aromatic carbocycles. The zero-order valence-corrected chi connectivity index (χ0v) is 12.3. The first-order chi connectivity index (χ1) is 7.50. The quantitative estimate of drug-likeness (QED) is 0.831. The fraction of sp³-hybridized carbons (Fsp3) is 1.00. The van der Waals surface area contributed by atoms with E-state index in [4.69, 9.17) is 10.5 Å². The van der Waals surface area contributed by atoms with E-state index in [-0.39, 0.29) is 17.3 Å². The fourth-order valence-corrected chi connectivity index (χ4v) is 5.38. The number of ether oxygens (including phenoxy) is 1. The van der Waals surface area contributed by atoms with Crippen LogP contribution >= 0.6 is 0 Å². The topological polar surface area (TPSA) is 69.4 Å². The summed E-state index contributed by atoms with van der Waals surface area (Å²) in [7, 11) is -3.16. The molecule has 0 radical (unpaired) electrons. The van der Waals surface area contributed by atoms with E-state index in [0.29, 0.717) is 13.0 Å². The molecule has 1 aliphatic rings. The van der Waals surface area contributed by atoms with Gasteiger partial charge in [-0.05, 0) is 46.6 Å².